The van der Waals surface area contributed by atoms with Crippen LogP contribution < -0.4 is 14.8 Å². The second-order valence-corrected chi connectivity index (χ2v) is 11.3. The maximum atomic E-state index is 13.2. The lowest BCUT2D eigenvalue weighted by molar-refractivity contribution is -0.0530. The van der Waals surface area contributed by atoms with Crippen LogP contribution in [0.1, 0.15) is 38.6 Å². The lowest BCUT2D eigenvalue weighted by atomic mass is 10.00. The summed E-state index contributed by atoms with van der Waals surface area (Å²) < 4.78 is 46.0. The Morgan fingerprint density at radius 1 is 1.05 bits per heavy atom. The highest BCUT2D eigenvalue weighted by Crippen LogP contribution is 2.34. The molecule has 0 spiro atoms. The van der Waals surface area contributed by atoms with E-state index in [0.29, 0.717) is 28.9 Å². The molecule has 0 bridgehead atoms. The first-order valence-corrected chi connectivity index (χ1v) is 14.9. The van der Waals surface area contributed by atoms with Gasteiger partial charge in [-0.25, -0.2) is 14.6 Å². The molecule has 0 amide bonds. The summed E-state index contributed by atoms with van der Waals surface area (Å²) in [5, 5.41) is 18.9. The molecular weight excluding hydrogens is 598 g/mol. The monoisotopic (exact) mass is 630 g/mol. The normalized spacial score (nSPS) is 17.6. The van der Waals surface area contributed by atoms with Gasteiger partial charge in [0, 0.05) is 50.3 Å². The predicted octanol–water partition coefficient (Wildman–Crippen LogP) is 4.61. The van der Waals surface area contributed by atoms with Crippen LogP contribution in [0.15, 0.2) is 43.1 Å². The number of halogens is 3. The van der Waals surface area contributed by atoms with Gasteiger partial charge >= 0.3 is 6.61 Å². The van der Waals surface area contributed by atoms with E-state index in [2.05, 4.69) is 40.8 Å². The van der Waals surface area contributed by atoms with Crippen molar-refractivity contribution in [3.8, 4) is 22.8 Å². The molecule has 1 atom stereocenters. The fourth-order valence-electron chi connectivity index (χ4n) is 5.60. The highest BCUT2D eigenvalue weighted by molar-refractivity contribution is 6.32. The summed E-state index contributed by atoms with van der Waals surface area (Å²) in [5.41, 5.74) is 1.76. The number of alkyl halides is 2. The topological polar surface area (TPSA) is 130 Å². The largest absolute Gasteiger partial charge is 0.487 e. The van der Waals surface area contributed by atoms with E-state index in [1.165, 1.54) is 6.33 Å². The molecule has 16 heteroatoms. The van der Waals surface area contributed by atoms with Crippen molar-refractivity contribution < 1.29 is 23.0 Å². The number of piperidine rings is 1. The van der Waals surface area contributed by atoms with Crippen molar-refractivity contribution in [3.63, 3.8) is 0 Å². The SMILES string of the molecule is C[C@@H](Cn1cnnn1)Oc1cc(-c2cnc(Nc3cn(C4CCN(C5CCOCC5)CC4)nc3OC(F)F)nc2)ccc1Cl. The Balaban J connectivity index is 1.12. The van der Waals surface area contributed by atoms with Gasteiger partial charge in [-0.15, -0.1) is 10.2 Å². The van der Waals surface area contributed by atoms with E-state index in [4.69, 9.17) is 25.8 Å². The van der Waals surface area contributed by atoms with Crippen LogP contribution in [0.5, 0.6) is 11.6 Å². The van der Waals surface area contributed by atoms with Crippen molar-refractivity contribution in [1.29, 1.82) is 0 Å². The second-order valence-electron chi connectivity index (χ2n) is 10.8. The van der Waals surface area contributed by atoms with Gasteiger partial charge in [0.1, 0.15) is 23.9 Å². The van der Waals surface area contributed by atoms with Crippen molar-refractivity contribution in [3.05, 3.63) is 48.1 Å². The van der Waals surface area contributed by atoms with Gasteiger partial charge in [0.05, 0.1) is 23.8 Å². The average molecular weight is 631 g/mol. The van der Waals surface area contributed by atoms with Gasteiger partial charge < -0.3 is 24.4 Å². The Bertz CT molecular complexity index is 1490. The smallest absolute Gasteiger partial charge is 0.388 e. The highest BCUT2D eigenvalue weighted by atomic mass is 35.5. The van der Waals surface area contributed by atoms with Crippen LogP contribution in [0.4, 0.5) is 20.4 Å². The molecule has 5 heterocycles. The molecule has 1 aromatic carbocycles. The minimum absolute atomic E-state index is 0.0712. The van der Waals surface area contributed by atoms with Crippen LogP contribution in [-0.4, -0.2) is 89.9 Å². The number of likely N-dealkylation sites (tertiary alicyclic amines) is 1. The number of benzene rings is 1. The molecule has 4 aromatic rings. The predicted molar refractivity (Wildman–Crippen MR) is 156 cm³/mol. The molecule has 44 heavy (non-hydrogen) atoms. The van der Waals surface area contributed by atoms with Gasteiger partial charge in [-0.3, -0.25) is 4.68 Å². The molecule has 1 N–H and O–H groups in total. The van der Waals surface area contributed by atoms with Crippen LogP contribution in [-0.2, 0) is 11.3 Å². The van der Waals surface area contributed by atoms with E-state index in [0.717, 1.165) is 57.6 Å². The summed E-state index contributed by atoms with van der Waals surface area (Å²) >= 11 is 6.38. The maximum Gasteiger partial charge on any atom is 0.388 e. The summed E-state index contributed by atoms with van der Waals surface area (Å²) in [5.74, 6) is 0.504. The number of hydrogen-bond acceptors (Lipinski definition) is 11. The zero-order valence-corrected chi connectivity index (χ0v) is 24.9. The first-order valence-electron chi connectivity index (χ1n) is 14.5. The van der Waals surface area contributed by atoms with E-state index >= 15 is 0 Å². The molecule has 2 saturated heterocycles. The van der Waals surface area contributed by atoms with E-state index in [1.807, 2.05) is 13.0 Å². The third-order valence-corrected chi connectivity index (χ3v) is 8.12. The van der Waals surface area contributed by atoms with Crippen molar-refractivity contribution >= 4 is 23.2 Å². The number of hydrogen-bond donors (Lipinski definition) is 1. The number of nitrogens with zero attached hydrogens (tertiary/aromatic N) is 9. The molecule has 3 aromatic heterocycles. The van der Waals surface area contributed by atoms with Gasteiger partial charge in [0.15, 0.2) is 0 Å². The summed E-state index contributed by atoms with van der Waals surface area (Å²) in [6, 6.07) is 5.98. The van der Waals surface area contributed by atoms with Gasteiger partial charge in [-0.1, -0.05) is 17.7 Å². The molecule has 0 radical (unpaired) electrons. The molecule has 2 aliphatic heterocycles. The molecule has 2 aliphatic rings. The fourth-order valence-corrected chi connectivity index (χ4v) is 5.76. The molecule has 6 rings (SSSR count). The van der Waals surface area contributed by atoms with Crippen LogP contribution in [0, 0.1) is 0 Å². The number of rotatable bonds is 11. The lowest BCUT2D eigenvalue weighted by Gasteiger charge is -2.39. The number of ether oxygens (including phenoxy) is 3. The summed E-state index contributed by atoms with van der Waals surface area (Å²) in [6.45, 7) is 2.75. The quantitative estimate of drug-likeness (QED) is 0.249. The summed E-state index contributed by atoms with van der Waals surface area (Å²) in [6.07, 6.45) is 10.00. The molecule has 234 valence electrons. The zero-order chi connectivity index (χ0) is 30.5. The molecule has 13 nitrogen and oxygen atoms in total. The Kier molecular flexibility index (Phi) is 9.43. The molecule has 0 aliphatic carbocycles. The number of aromatic nitrogens is 8. The Morgan fingerprint density at radius 3 is 2.52 bits per heavy atom. The molecular formula is C28H33ClF2N10O3. The van der Waals surface area contributed by atoms with Crippen LogP contribution >= 0.6 is 11.6 Å². The summed E-state index contributed by atoms with van der Waals surface area (Å²) in [4.78, 5) is 11.3. The standard InChI is InChI=1S/C28H33ClF2N10O3/c1-18(15-40-17-34-37-38-40)43-25-12-19(2-3-23(25)29)20-13-32-28(33-14-20)35-24-16-41(36-26(24)44-27(30)31)22-4-8-39(9-5-22)21-6-10-42-11-7-21/h2-3,12-14,16-18,21-22,27H,4-11,15H2,1H3,(H,32,33,35)/t18-/m0/s1. The van der Waals surface area contributed by atoms with Crippen molar-refractivity contribution in [2.75, 3.05) is 31.6 Å². The highest BCUT2D eigenvalue weighted by Gasteiger charge is 2.29. The zero-order valence-electron chi connectivity index (χ0n) is 24.1. The Morgan fingerprint density at radius 2 is 1.82 bits per heavy atom. The number of nitrogens with one attached hydrogen (secondary N) is 1. The van der Waals surface area contributed by atoms with Gasteiger partial charge in [-0.05, 0) is 60.7 Å². The Hall–Kier alpha value is -3.95. The van der Waals surface area contributed by atoms with E-state index < -0.39 is 6.61 Å². The molecule has 2 fully saturated rings. The van der Waals surface area contributed by atoms with Crippen molar-refractivity contribution in [1.82, 2.24) is 44.9 Å². The average Bonchev–Trinajstić information content (AvgIpc) is 3.69. The lowest BCUT2D eigenvalue weighted by Crippen LogP contribution is -2.44. The number of anilines is 2. The van der Waals surface area contributed by atoms with Crippen LogP contribution in [0.3, 0.4) is 0 Å². The maximum absolute atomic E-state index is 13.2. The van der Waals surface area contributed by atoms with E-state index in [1.54, 1.807) is 40.1 Å². The van der Waals surface area contributed by atoms with Crippen molar-refractivity contribution in [2.24, 2.45) is 0 Å². The third kappa shape index (κ3) is 7.39. The minimum Gasteiger partial charge on any atom is -0.487 e. The second kappa shape index (κ2) is 13.8. The van der Waals surface area contributed by atoms with E-state index in [-0.39, 0.29) is 29.7 Å². The van der Waals surface area contributed by atoms with Crippen molar-refractivity contribution in [2.45, 2.75) is 64.0 Å². The van der Waals surface area contributed by atoms with Gasteiger partial charge in [0.2, 0.25) is 5.95 Å². The summed E-state index contributed by atoms with van der Waals surface area (Å²) in [7, 11) is 0. The Labute approximate surface area is 257 Å². The fraction of sp³-hybridized carbons (Fsp3) is 0.500. The first-order chi connectivity index (χ1) is 21.4. The first kappa shape index (κ1) is 30.1. The number of tetrazole rings is 1. The molecule has 0 saturated carbocycles. The van der Waals surface area contributed by atoms with Crippen LogP contribution in [0.2, 0.25) is 5.02 Å². The third-order valence-electron chi connectivity index (χ3n) is 7.81. The van der Waals surface area contributed by atoms with Gasteiger partial charge in [-0.2, -0.15) is 8.78 Å². The van der Waals surface area contributed by atoms with Crippen LogP contribution in [0.25, 0.3) is 11.1 Å². The molecule has 0 unspecified atom stereocenters. The van der Waals surface area contributed by atoms with Gasteiger partial charge in [0.25, 0.3) is 5.88 Å². The van der Waals surface area contributed by atoms with E-state index in [9.17, 15) is 8.78 Å². The minimum atomic E-state index is -3.02.